The molecule has 0 fully saturated rings. The molecule has 0 saturated carbocycles. The largest absolute Gasteiger partial charge is 1.00 e. The van der Waals surface area contributed by atoms with Gasteiger partial charge in [0.05, 0.1) is 0 Å². The summed E-state index contributed by atoms with van der Waals surface area (Å²) in [7, 11) is 0. The summed E-state index contributed by atoms with van der Waals surface area (Å²) in [6.45, 7) is 6.07. The molecule has 0 unspecified atom stereocenters. The molecule has 1 heterocycles. The van der Waals surface area contributed by atoms with E-state index in [9.17, 15) is 0 Å². The van der Waals surface area contributed by atoms with Crippen molar-refractivity contribution in [1.82, 2.24) is 0 Å². The van der Waals surface area contributed by atoms with E-state index in [1.165, 1.54) is 4.88 Å². The van der Waals surface area contributed by atoms with Gasteiger partial charge in [-0.2, -0.15) is 0 Å². The van der Waals surface area contributed by atoms with Crippen LogP contribution in [0.4, 0.5) is 0 Å². The summed E-state index contributed by atoms with van der Waals surface area (Å²) in [6, 6.07) is 4.92. The second kappa shape index (κ2) is 9.34. The summed E-state index contributed by atoms with van der Waals surface area (Å²) in [5.41, 5.74) is 0. The Balaban J connectivity index is 0. The summed E-state index contributed by atoms with van der Waals surface area (Å²) in [6.07, 6.45) is 0. The van der Waals surface area contributed by atoms with Gasteiger partial charge >= 0.3 is 51.4 Å². The molecule has 0 radical (unpaired) electrons. The molecule has 0 saturated heterocycles. The quantitative estimate of drug-likeness (QED) is 0.373. The van der Waals surface area contributed by atoms with Gasteiger partial charge in [0.2, 0.25) is 0 Å². The topological polar surface area (TPSA) is 0 Å². The van der Waals surface area contributed by atoms with Crippen LogP contribution in [0.5, 0.6) is 0 Å². The Bertz CT molecular complexity index is 112. The molecule has 0 N–H and O–H groups in total. The second-order valence-corrected chi connectivity index (χ2v) is 2.27. The monoisotopic (exact) mass is 166 g/mol. The molecule has 0 nitrogen and oxygen atoms in total. The molecule has 0 atom stereocenters. The van der Waals surface area contributed by atoms with Crippen molar-refractivity contribution in [3.8, 4) is 0 Å². The zero-order chi connectivity index (χ0) is 6.41. The van der Waals surface area contributed by atoms with Crippen molar-refractivity contribution in [3.05, 3.63) is 22.4 Å². The van der Waals surface area contributed by atoms with Crippen LogP contribution in [0.25, 0.3) is 0 Å². The van der Waals surface area contributed by atoms with Crippen molar-refractivity contribution in [2.75, 3.05) is 0 Å². The standard InChI is InChI=1S/C5H5S.C2H6.K/c1-5-3-2-4-6-5;1-2;/h3-4H,1H3;1-2H3;/q-1;;+1. The Labute approximate surface area is 104 Å². The van der Waals surface area contributed by atoms with Gasteiger partial charge in [-0.3, -0.25) is 11.3 Å². The zero-order valence-corrected chi connectivity index (χ0v) is 10.5. The number of rotatable bonds is 0. The van der Waals surface area contributed by atoms with Crippen LogP contribution >= 0.6 is 11.3 Å². The number of aryl methyl sites for hydroxylation is 1. The van der Waals surface area contributed by atoms with Crippen LogP contribution < -0.4 is 51.4 Å². The number of hydrogen-bond acceptors (Lipinski definition) is 1. The van der Waals surface area contributed by atoms with Crippen LogP contribution in [0.3, 0.4) is 0 Å². The summed E-state index contributed by atoms with van der Waals surface area (Å²) in [5.74, 6) is 0. The molecule has 0 amide bonds. The van der Waals surface area contributed by atoms with Crippen LogP contribution in [-0.2, 0) is 0 Å². The number of thiophene rings is 1. The third kappa shape index (κ3) is 7.23. The normalized spacial score (nSPS) is 6.56. The minimum absolute atomic E-state index is 0. The van der Waals surface area contributed by atoms with Crippen molar-refractivity contribution in [2.24, 2.45) is 0 Å². The van der Waals surface area contributed by atoms with Crippen LogP contribution in [0.2, 0.25) is 0 Å². The fraction of sp³-hybridized carbons (Fsp3) is 0.429. The van der Waals surface area contributed by atoms with Crippen molar-refractivity contribution in [3.63, 3.8) is 0 Å². The molecule has 9 heavy (non-hydrogen) atoms. The first kappa shape index (κ1) is 13.0. The molecule has 0 aliphatic rings. The maximum absolute atomic E-state index is 2.95. The van der Waals surface area contributed by atoms with Gasteiger partial charge in [0.1, 0.15) is 0 Å². The third-order valence-corrected chi connectivity index (χ3v) is 1.34. The van der Waals surface area contributed by atoms with E-state index in [1.807, 2.05) is 25.3 Å². The van der Waals surface area contributed by atoms with Crippen molar-refractivity contribution >= 4 is 11.3 Å². The van der Waals surface area contributed by atoms with Crippen molar-refractivity contribution in [1.29, 1.82) is 0 Å². The van der Waals surface area contributed by atoms with Crippen LogP contribution in [0.15, 0.2) is 11.4 Å². The van der Waals surface area contributed by atoms with Gasteiger partial charge in [-0.1, -0.05) is 20.8 Å². The minimum Gasteiger partial charge on any atom is -0.270 e. The smallest absolute Gasteiger partial charge is 0.270 e. The molecular weight excluding hydrogens is 155 g/mol. The molecule has 2 heteroatoms. The Kier molecular flexibility index (Phi) is 13.4. The van der Waals surface area contributed by atoms with E-state index < -0.39 is 0 Å². The predicted molar refractivity (Wildman–Crippen MR) is 39.2 cm³/mol. The van der Waals surface area contributed by atoms with E-state index in [1.54, 1.807) is 11.3 Å². The molecule has 0 bridgehead atoms. The van der Waals surface area contributed by atoms with Crippen LogP contribution in [-0.4, -0.2) is 0 Å². The average molecular weight is 166 g/mol. The van der Waals surface area contributed by atoms with Crippen LogP contribution in [0, 0.1) is 13.0 Å². The van der Waals surface area contributed by atoms with Gasteiger partial charge in [0, 0.05) is 0 Å². The molecule has 0 aliphatic heterocycles. The van der Waals surface area contributed by atoms with Gasteiger partial charge in [-0.25, -0.2) is 12.1 Å². The third-order valence-electron chi connectivity index (χ3n) is 0.599. The first-order valence-corrected chi connectivity index (χ1v) is 3.69. The van der Waals surface area contributed by atoms with Gasteiger partial charge in [-0.05, 0) is 0 Å². The molecule has 0 aromatic carbocycles. The SMILES string of the molecule is CC.Cc1c[c-]cs1.[K+]. The Morgan fingerprint density at radius 1 is 1.44 bits per heavy atom. The Hall–Kier alpha value is 1.34. The van der Waals surface area contributed by atoms with E-state index in [0.29, 0.717) is 0 Å². The van der Waals surface area contributed by atoms with Gasteiger partial charge < -0.3 is 0 Å². The van der Waals surface area contributed by atoms with Gasteiger partial charge in [-0.15, -0.1) is 10.3 Å². The maximum atomic E-state index is 2.95. The van der Waals surface area contributed by atoms with Gasteiger partial charge in [0.25, 0.3) is 0 Å². The molecule has 0 spiro atoms. The fourth-order valence-corrected chi connectivity index (χ4v) is 0.770. The zero-order valence-electron chi connectivity index (χ0n) is 6.56. The van der Waals surface area contributed by atoms with E-state index >= 15 is 0 Å². The maximum Gasteiger partial charge on any atom is 1.00 e. The number of hydrogen-bond donors (Lipinski definition) is 0. The molecule has 1 aromatic rings. The summed E-state index contributed by atoms with van der Waals surface area (Å²) in [5, 5.41) is 1.95. The molecule has 46 valence electrons. The summed E-state index contributed by atoms with van der Waals surface area (Å²) < 4.78 is 0. The van der Waals surface area contributed by atoms with Crippen molar-refractivity contribution in [2.45, 2.75) is 20.8 Å². The molecular formula is C7H11KS. The fourth-order valence-electron chi connectivity index (χ4n) is 0.312. The predicted octanol–water partition coefficient (Wildman–Crippen LogP) is -0.113. The van der Waals surface area contributed by atoms with Crippen LogP contribution in [0.1, 0.15) is 18.7 Å². The summed E-state index contributed by atoms with van der Waals surface area (Å²) in [4.78, 5) is 1.33. The van der Waals surface area contributed by atoms with E-state index in [4.69, 9.17) is 0 Å². The molecule has 1 aromatic heterocycles. The average Bonchev–Trinajstić information content (AvgIpc) is 2.24. The van der Waals surface area contributed by atoms with E-state index in [-0.39, 0.29) is 51.4 Å². The molecule has 0 aliphatic carbocycles. The summed E-state index contributed by atoms with van der Waals surface area (Å²) >= 11 is 1.72. The van der Waals surface area contributed by atoms with E-state index in [2.05, 4.69) is 13.0 Å². The molecule has 1 rings (SSSR count). The van der Waals surface area contributed by atoms with Gasteiger partial charge in [0.15, 0.2) is 0 Å². The Morgan fingerprint density at radius 3 is 2.11 bits per heavy atom. The van der Waals surface area contributed by atoms with Crippen molar-refractivity contribution < 1.29 is 51.4 Å². The first-order chi connectivity index (χ1) is 3.89. The Morgan fingerprint density at radius 2 is 2.00 bits per heavy atom. The second-order valence-electron chi connectivity index (χ2n) is 1.16. The van der Waals surface area contributed by atoms with E-state index in [0.717, 1.165) is 0 Å². The minimum atomic E-state index is 0. The first-order valence-electron chi connectivity index (χ1n) is 2.81.